The Labute approximate surface area is 111 Å². The molecule has 2 saturated carbocycles. The lowest BCUT2D eigenvalue weighted by Crippen LogP contribution is -2.21. The minimum atomic E-state index is -3.26. The van der Waals surface area contributed by atoms with Gasteiger partial charge in [-0.1, -0.05) is 6.42 Å². The Morgan fingerprint density at radius 1 is 1.33 bits per heavy atom. The first-order valence-corrected chi connectivity index (χ1v) is 8.64. The van der Waals surface area contributed by atoms with Gasteiger partial charge in [0.05, 0.1) is 5.25 Å². The minimum absolute atomic E-state index is 0.156. The number of anilines is 2. The second-order valence-electron chi connectivity index (χ2n) is 5.15. The molecule has 0 amide bonds. The molecule has 18 heavy (non-hydrogen) atoms. The number of nitrogens with two attached hydrogens (primary N) is 1. The summed E-state index contributed by atoms with van der Waals surface area (Å²) in [6.45, 7) is 0.828. The Morgan fingerprint density at radius 2 is 2.06 bits per heavy atom. The first-order valence-electron chi connectivity index (χ1n) is 6.32. The summed E-state index contributed by atoms with van der Waals surface area (Å²) in [5.74, 6) is 0.827. The summed E-state index contributed by atoms with van der Waals surface area (Å²) >= 11 is 1.16. The van der Waals surface area contributed by atoms with Crippen LogP contribution in [0.2, 0.25) is 0 Å². The predicted octanol–water partition coefficient (Wildman–Crippen LogP) is 1.87. The summed E-state index contributed by atoms with van der Waals surface area (Å²) < 4.78 is 28.5. The van der Waals surface area contributed by atoms with Gasteiger partial charge in [0.25, 0.3) is 0 Å². The lowest BCUT2D eigenvalue weighted by atomic mass is 9.85. The van der Waals surface area contributed by atoms with Crippen LogP contribution in [0, 0.1) is 5.92 Å². The molecule has 0 bridgehead atoms. The van der Waals surface area contributed by atoms with Crippen LogP contribution in [0.25, 0.3) is 0 Å². The van der Waals surface area contributed by atoms with Crippen LogP contribution in [-0.2, 0) is 9.84 Å². The summed E-state index contributed by atoms with van der Waals surface area (Å²) in [6.07, 6.45) is 5.24. The van der Waals surface area contributed by atoms with E-state index in [1.54, 1.807) is 0 Å². The molecule has 1 heterocycles. The fourth-order valence-electron chi connectivity index (χ4n) is 2.16. The molecule has 0 unspecified atom stereocenters. The van der Waals surface area contributed by atoms with Crippen molar-refractivity contribution in [2.24, 2.45) is 5.92 Å². The minimum Gasteiger partial charge on any atom is -0.382 e. The van der Waals surface area contributed by atoms with Gasteiger partial charge in [0.1, 0.15) is 9.90 Å². The Kier molecular flexibility index (Phi) is 2.97. The second kappa shape index (κ2) is 4.38. The summed E-state index contributed by atoms with van der Waals surface area (Å²) in [4.78, 5) is 0.245. The number of nitrogens with one attached hydrogen (secondary N) is 1. The van der Waals surface area contributed by atoms with E-state index in [-0.39, 0.29) is 16.0 Å². The molecule has 2 aliphatic rings. The zero-order valence-corrected chi connectivity index (χ0v) is 11.7. The van der Waals surface area contributed by atoms with Crippen LogP contribution in [0.15, 0.2) is 4.90 Å². The number of rotatable bonds is 5. The molecule has 1 aromatic heterocycles. The van der Waals surface area contributed by atoms with Crippen LogP contribution in [0.5, 0.6) is 0 Å². The lowest BCUT2D eigenvalue weighted by Gasteiger charge is -2.25. The van der Waals surface area contributed by atoms with E-state index in [1.807, 2.05) is 0 Å². The fourth-order valence-corrected chi connectivity index (χ4v) is 5.05. The Morgan fingerprint density at radius 3 is 2.61 bits per heavy atom. The number of hydrogen-bond donors (Lipinski definition) is 2. The van der Waals surface area contributed by atoms with Gasteiger partial charge in [0, 0.05) is 6.54 Å². The molecule has 0 spiro atoms. The second-order valence-corrected chi connectivity index (χ2v) is 8.09. The van der Waals surface area contributed by atoms with E-state index in [2.05, 4.69) is 9.69 Å². The molecule has 1 aromatic rings. The first kappa shape index (κ1) is 12.2. The number of sulfone groups is 1. The molecule has 3 N–H and O–H groups in total. The third kappa shape index (κ3) is 2.09. The summed E-state index contributed by atoms with van der Waals surface area (Å²) in [5.41, 5.74) is 5.73. The van der Waals surface area contributed by atoms with Gasteiger partial charge in [0.2, 0.25) is 0 Å². The van der Waals surface area contributed by atoms with Crippen molar-refractivity contribution in [3.05, 3.63) is 0 Å². The van der Waals surface area contributed by atoms with Gasteiger partial charge < -0.3 is 11.1 Å². The standard InChI is InChI=1S/C11H17N3O2S2/c12-10-9(18(15,16)8-4-5-8)11(17-14-10)13-6-7-2-1-3-7/h7-8,13H,1-6H2,(H2,12,14). The van der Waals surface area contributed by atoms with Crippen LogP contribution in [0.3, 0.4) is 0 Å². The largest absolute Gasteiger partial charge is 0.382 e. The quantitative estimate of drug-likeness (QED) is 0.863. The van der Waals surface area contributed by atoms with Crippen LogP contribution in [0.4, 0.5) is 10.8 Å². The van der Waals surface area contributed by atoms with Crippen molar-refractivity contribution in [2.75, 3.05) is 17.6 Å². The van der Waals surface area contributed by atoms with Crippen LogP contribution >= 0.6 is 11.5 Å². The topological polar surface area (TPSA) is 85.1 Å². The van der Waals surface area contributed by atoms with Crippen molar-refractivity contribution in [2.45, 2.75) is 42.2 Å². The molecule has 7 heteroatoms. The summed E-state index contributed by atoms with van der Waals surface area (Å²) in [5, 5.41) is 3.62. The highest BCUT2D eigenvalue weighted by atomic mass is 32.2. The summed E-state index contributed by atoms with van der Waals surface area (Å²) in [6, 6.07) is 0. The maximum atomic E-state index is 12.3. The van der Waals surface area contributed by atoms with Crippen molar-refractivity contribution in [3.63, 3.8) is 0 Å². The normalized spacial score (nSPS) is 20.7. The molecule has 2 aliphatic carbocycles. The van der Waals surface area contributed by atoms with Crippen molar-refractivity contribution in [3.8, 4) is 0 Å². The zero-order valence-electron chi connectivity index (χ0n) is 10.1. The Bertz CT molecular complexity index is 545. The average Bonchev–Trinajstić information content (AvgIpc) is 3.02. The molecule has 3 rings (SSSR count). The average molecular weight is 287 g/mol. The van der Waals surface area contributed by atoms with E-state index in [4.69, 9.17) is 5.73 Å². The van der Waals surface area contributed by atoms with Gasteiger partial charge in [-0.15, -0.1) is 0 Å². The number of nitrogen functional groups attached to an aromatic ring is 1. The number of nitrogens with zero attached hydrogens (tertiary/aromatic N) is 1. The predicted molar refractivity (Wildman–Crippen MR) is 72.6 cm³/mol. The summed E-state index contributed by atoms with van der Waals surface area (Å²) in [7, 11) is -3.26. The molecule has 2 fully saturated rings. The smallest absolute Gasteiger partial charge is 0.187 e. The van der Waals surface area contributed by atoms with E-state index >= 15 is 0 Å². The molecule has 100 valence electrons. The van der Waals surface area contributed by atoms with Crippen molar-refractivity contribution < 1.29 is 8.42 Å². The van der Waals surface area contributed by atoms with Gasteiger partial charge in [0.15, 0.2) is 15.7 Å². The zero-order chi connectivity index (χ0) is 12.8. The van der Waals surface area contributed by atoms with Gasteiger partial charge in [-0.3, -0.25) is 0 Å². The Balaban J connectivity index is 1.81. The van der Waals surface area contributed by atoms with Crippen molar-refractivity contribution >= 4 is 32.2 Å². The third-order valence-corrected chi connectivity index (χ3v) is 6.98. The number of hydrogen-bond acceptors (Lipinski definition) is 6. The van der Waals surface area contributed by atoms with Crippen LogP contribution < -0.4 is 11.1 Å². The van der Waals surface area contributed by atoms with Crippen LogP contribution in [0.1, 0.15) is 32.1 Å². The van der Waals surface area contributed by atoms with Crippen LogP contribution in [-0.4, -0.2) is 24.6 Å². The van der Waals surface area contributed by atoms with E-state index in [9.17, 15) is 8.42 Å². The molecule has 0 atom stereocenters. The lowest BCUT2D eigenvalue weighted by molar-refractivity contribution is 0.333. The van der Waals surface area contributed by atoms with Crippen molar-refractivity contribution in [1.29, 1.82) is 0 Å². The van der Waals surface area contributed by atoms with E-state index in [0.29, 0.717) is 10.9 Å². The molecular formula is C11H17N3O2S2. The number of aromatic nitrogens is 1. The van der Waals surface area contributed by atoms with E-state index in [1.165, 1.54) is 19.3 Å². The maximum absolute atomic E-state index is 12.3. The highest BCUT2D eigenvalue weighted by Crippen LogP contribution is 2.41. The molecular weight excluding hydrogens is 270 g/mol. The van der Waals surface area contributed by atoms with Gasteiger partial charge in [-0.25, -0.2) is 8.42 Å². The SMILES string of the molecule is Nc1nsc(NCC2CCC2)c1S(=O)(=O)C1CC1. The molecule has 0 aromatic carbocycles. The Hall–Kier alpha value is -0.820. The van der Waals surface area contributed by atoms with Gasteiger partial charge >= 0.3 is 0 Å². The highest BCUT2D eigenvalue weighted by Gasteiger charge is 2.40. The highest BCUT2D eigenvalue weighted by molar-refractivity contribution is 7.92. The molecule has 0 radical (unpaired) electrons. The van der Waals surface area contributed by atoms with Gasteiger partial charge in [-0.05, 0) is 43.1 Å². The van der Waals surface area contributed by atoms with E-state index < -0.39 is 9.84 Å². The fraction of sp³-hybridized carbons (Fsp3) is 0.727. The maximum Gasteiger partial charge on any atom is 0.187 e. The van der Waals surface area contributed by atoms with Crippen molar-refractivity contribution in [1.82, 2.24) is 4.37 Å². The molecule has 0 aliphatic heterocycles. The van der Waals surface area contributed by atoms with E-state index in [0.717, 1.165) is 30.9 Å². The third-order valence-electron chi connectivity index (χ3n) is 3.70. The monoisotopic (exact) mass is 287 g/mol. The molecule has 5 nitrogen and oxygen atoms in total. The molecule has 0 saturated heterocycles. The van der Waals surface area contributed by atoms with Gasteiger partial charge in [-0.2, -0.15) is 4.37 Å². The first-order chi connectivity index (χ1) is 8.59.